The van der Waals surface area contributed by atoms with Crippen LogP contribution in [-0.2, 0) is 0 Å². The van der Waals surface area contributed by atoms with Crippen LogP contribution in [0.3, 0.4) is 0 Å². The molecule has 0 bridgehead atoms. The maximum Gasteiger partial charge on any atom is 0.126 e. The molecule has 5 rings (SSSR count). The molecule has 0 N–H and O–H groups in total. The summed E-state index contributed by atoms with van der Waals surface area (Å²) in [4.78, 5) is 0. The molecule has 1 aromatic heterocycles. The molecule has 0 fully saturated rings. The third-order valence-corrected chi connectivity index (χ3v) is 6.39. The van der Waals surface area contributed by atoms with Crippen LogP contribution >= 0.6 is 11.3 Å². The van der Waals surface area contributed by atoms with E-state index in [-0.39, 0.29) is 5.82 Å². The van der Waals surface area contributed by atoms with Crippen LogP contribution in [0.1, 0.15) is 16.7 Å². The van der Waals surface area contributed by atoms with Crippen LogP contribution in [0.15, 0.2) is 48.5 Å². The average molecular weight is 344 g/mol. The Hall–Kier alpha value is -2.45. The minimum Gasteiger partial charge on any atom is -0.207 e. The second kappa shape index (κ2) is 5.03. The Kier molecular flexibility index (Phi) is 2.99. The number of rotatable bonds is 0. The van der Waals surface area contributed by atoms with Crippen molar-refractivity contribution >= 4 is 53.1 Å². The van der Waals surface area contributed by atoms with Gasteiger partial charge in [-0.05, 0) is 95.4 Å². The molecule has 0 aliphatic carbocycles. The molecule has 0 amide bonds. The molecule has 0 nitrogen and oxygen atoms in total. The van der Waals surface area contributed by atoms with Crippen molar-refractivity contribution in [1.82, 2.24) is 0 Å². The van der Waals surface area contributed by atoms with E-state index in [0.29, 0.717) is 5.56 Å². The summed E-state index contributed by atoms with van der Waals surface area (Å²) < 4.78 is 16.4. The van der Waals surface area contributed by atoms with Crippen molar-refractivity contribution < 1.29 is 4.39 Å². The Morgan fingerprint density at radius 2 is 1.00 bits per heavy atom. The van der Waals surface area contributed by atoms with Crippen LogP contribution in [0.25, 0.3) is 41.7 Å². The first-order valence-corrected chi connectivity index (χ1v) is 9.28. The summed E-state index contributed by atoms with van der Waals surface area (Å²) in [6.07, 6.45) is 0. The van der Waals surface area contributed by atoms with Gasteiger partial charge in [0.2, 0.25) is 0 Å². The van der Waals surface area contributed by atoms with E-state index < -0.39 is 0 Å². The fraction of sp³-hybridized carbons (Fsp3) is 0.130. The zero-order valence-electron chi connectivity index (χ0n) is 14.4. The molecular formula is C23H17FS. The van der Waals surface area contributed by atoms with E-state index in [1.165, 1.54) is 42.1 Å². The zero-order valence-corrected chi connectivity index (χ0v) is 15.2. The summed E-state index contributed by atoms with van der Waals surface area (Å²) >= 11 is 1.79. The van der Waals surface area contributed by atoms with Gasteiger partial charge in [0, 0.05) is 20.2 Å². The molecular weight excluding hydrogens is 327 g/mol. The molecule has 0 spiro atoms. The summed E-state index contributed by atoms with van der Waals surface area (Å²) in [6, 6.07) is 17.1. The van der Waals surface area contributed by atoms with E-state index in [2.05, 4.69) is 50.2 Å². The van der Waals surface area contributed by atoms with Crippen molar-refractivity contribution in [3.05, 3.63) is 71.0 Å². The van der Waals surface area contributed by atoms with Gasteiger partial charge >= 0.3 is 0 Å². The number of fused-ring (bicyclic) bond motifs is 5. The van der Waals surface area contributed by atoms with Gasteiger partial charge in [0.05, 0.1) is 0 Å². The highest BCUT2D eigenvalue weighted by atomic mass is 32.1. The Labute approximate surface area is 149 Å². The Morgan fingerprint density at radius 3 is 1.56 bits per heavy atom. The van der Waals surface area contributed by atoms with Gasteiger partial charge in [-0.3, -0.25) is 0 Å². The van der Waals surface area contributed by atoms with Crippen molar-refractivity contribution in [1.29, 1.82) is 0 Å². The molecule has 0 radical (unpaired) electrons. The number of halogens is 1. The SMILES string of the molecule is Cc1cc2cc3sc4cc5cc(F)c(C)cc5cc4c3cc2cc1C. The number of thiophene rings is 1. The summed E-state index contributed by atoms with van der Waals surface area (Å²) in [5.74, 6) is -0.135. The Morgan fingerprint density at radius 1 is 0.560 bits per heavy atom. The average Bonchev–Trinajstić information content (AvgIpc) is 2.90. The predicted octanol–water partition coefficient (Wildman–Crippen LogP) is 7.43. The zero-order chi connectivity index (χ0) is 17.3. The number of hydrogen-bond acceptors (Lipinski definition) is 1. The van der Waals surface area contributed by atoms with E-state index >= 15 is 0 Å². The number of benzene rings is 4. The first-order valence-electron chi connectivity index (χ1n) is 8.47. The van der Waals surface area contributed by atoms with Crippen molar-refractivity contribution in [2.24, 2.45) is 0 Å². The van der Waals surface area contributed by atoms with Gasteiger partial charge < -0.3 is 0 Å². The smallest absolute Gasteiger partial charge is 0.126 e. The van der Waals surface area contributed by atoms with Gasteiger partial charge in [-0.15, -0.1) is 11.3 Å². The molecule has 0 aliphatic rings. The first-order chi connectivity index (χ1) is 12.0. The lowest BCUT2D eigenvalue weighted by molar-refractivity contribution is 0.620. The van der Waals surface area contributed by atoms with E-state index in [1.807, 2.05) is 13.0 Å². The van der Waals surface area contributed by atoms with Gasteiger partial charge in [0.1, 0.15) is 5.82 Å². The lowest BCUT2D eigenvalue weighted by Crippen LogP contribution is -1.83. The second-order valence-corrected chi connectivity index (χ2v) is 8.11. The fourth-order valence-electron chi connectivity index (χ4n) is 3.68. The van der Waals surface area contributed by atoms with Crippen molar-refractivity contribution in [3.63, 3.8) is 0 Å². The van der Waals surface area contributed by atoms with Crippen molar-refractivity contribution in [2.45, 2.75) is 20.8 Å². The van der Waals surface area contributed by atoms with Gasteiger partial charge in [-0.2, -0.15) is 0 Å². The van der Waals surface area contributed by atoms with E-state index in [9.17, 15) is 4.39 Å². The maximum absolute atomic E-state index is 13.9. The molecule has 0 saturated heterocycles. The molecule has 4 aromatic carbocycles. The Bertz CT molecular complexity index is 1220. The molecule has 0 aliphatic heterocycles. The first kappa shape index (κ1) is 14.9. The van der Waals surface area contributed by atoms with Gasteiger partial charge in [0.25, 0.3) is 0 Å². The molecule has 0 unspecified atom stereocenters. The maximum atomic E-state index is 13.9. The number of aryl methyl sites for hydroxylation is 3. The fourth-order valence-corrected chi connectivity index (χ4v) is 4.85. The number of hydrogen-bond donors (Lipinski definition) is 0. The minimum atomic E-state index is -0.135. The lowest BCUT2D eigenvalue weighted by Gasteiger charge is -2.05. The quantitative estimate of drug-likeness (QED) is 0.274. The third-order valence-electron chi connectivity index (χ3n) is 5.28. The van der Waals surface area contributed by atoms with Crippen LogP contribution in [0.4, 0.5) is 4.39 Å². The van der Waals surface area contributed by atoms with Crippen molar-refractivity contribution in [2.75, 3.05) is 0 Å². The summed E-state index contributed by atoms with van der Waals surface area (Å²) in [7, 11) is 0. The summed E-state index contributed by atoms with van der Waals surface area (Å²) in [5.41, 5.74) is 3.34. The molecule has 5 aromatic rings. The summed E-state index contributed by atoms with van der Waals surface area (Å²) in [5, 5.41) is 7.20. The van der Waals surface area contributed by atoms with Crippen LogP contribution in [0, 0.1) is 26.6 Å². The monoisotopic (exact) mass is 344 g/mol. The lowest BCUT2D eigenvalue weighted by atomic mass is 9.99. The molecule has 122 valence electrons. The highest BCUT2D eigenvalue weighted by molar-refractivity contribution is 7.26. The van der Waals surface area contributed by atoms with Gasteiger partial charge in [0.15, 0.2) is 0 Å². The standard InChI is InChI=1S/C23H17FS/c1-12-4-15-7-19-20-8-16-6-14(3)21(24)9-18(16)11-23(20)25-22(19)10-17(15)5-13(12)2/h4-11H,1-3H3. The molecule has 2 heteroatoms. The Balaban J connectivity index is 1.92. The van der Waals surface area contributed by atoms with E-state index in [1.54, 1.807) is 17.4 Å². The molecule has 1 heterocycles. The molecule has 0 saturated carbocycles. The highest BCUT2D eigenvalue weighted by Gasteiger charge is 2.10. The predicted molar refractivity (Wildman–Crippen MR) is 109 cm³/mol. The van der Waals surface area contributed by atoms with Gasteiger partial charge in [-0.1, -0.05) is 12.1 Å². The van der Waals surface area contributed by atoms with E-state index in [0.717, 1.165) is 10.8 Å². The second-order valence-electron chi connectivity index (χ2n) is 7.03. The van der Waals surface area contributed by atoms with Gasteiger partial charge in [-0.25, -0.2) is 4.39 Å². The van der Waals surface area contributed by atoms with Crippen LogP contribution in [0.2, 0.25) is 0 Å². The molecule has 0 atom stereocenters. The highest BCUT2D eigenvalue weighted by Crippen LogP contribution is 2.39. The topological polar surface area (TPSA) is 0 Å². The van der Waals surface area contributed by atoms with E-state index in [4.69, 9.17) is 0 Å². The van der Waals surface area contributed by atoms with Crippen LogP contribution in [0.5, 0.6) is 0 Å². The van der Waals surface area contributed by atoms with Crippen molar-refractivity contribution in [3.8, 4) is 0 Å². The normalized spacial score (nSPS) is 12.0. The third kappa shape index (κ3) is 2.17. The largest absolute Gasteiger partial charge is 0.207 e. The van der Waals surface area contributed by atoms with Crippen LogP contribution < -0.4 is 0 Å². The summed E-state index contributed by atoms with van der Waals surface area (Å²) in [6.45, 7) is 6.15. The van der Waals surface area contributed by atoms with Crippen LogP contribution in [-0.4, -0.2) is 0 Å². The minimum absolute atomic E-state index is 0.135. The molecule has 25 heavy (non-hydrogen) atoms.